The maximum absolute atomic E-state index is 10.9. The zero-order valence-corrected chi connectivity index (χ0v) is 10.8. The van der Waals surface area contributed by atoms with Crippen molar-refractivity contribution in [3.05, 3.63) is 22.3 Å². The molecular weight excluding hydrogens is 276 g/mol. The van der Waals surface area contributed by atoms with Gasteiger partial charge in [0.15, 0.2) is 5.82 Å². The average molecular weight is 289 g/mol. The lowest BCUT2D eigenvalue weighted by Crippen LogP contribution is -2.24. The summed E-state index contributed by atoms with van der Waals surface area (Å²) in [4.78, 5) is 20.1. The number of carboxylic acid groups (broad SMARTS) is 1. The molecule has 0 aromatic carbocycles. The first-order valence-electron chi connectivity index (χ1n) is 4.62. The third-order valence-electron chi connectivity index (χ3n) is 1.54. The van der Waals surface area contributed by atoms with Crippen molar-refractivity contribution in [2.24, 2.45) is 0 Å². The number of nitrogens with one attached hydrogen (secondary N) is 1. The van der Waals surface area contributed by atoms with Gasteiger partial charge in [-0.3, -0.25) is 4.84 Å². The molecule has 88 valence electrons. The number of carbonyl (C=O) groups is 1. The van der Waals surface area contributed by atoms with E-state index in [9.17, 15) is 4.79 Å². The van der Waals surface area contributed by atoms with E-state index < -0.39 is 11.6 Å². The molecule has 0 saturated heterocycles. The minimum absolute atomic E-state index is 0.0543. The first-order chi connectivity index (χ1) is 7.29. The van der Waals surface area contributed by atoms with Gasteiger partial charge in [0, 0.05) is 10.7 Å². The van der Waals surface area contributed by atoms with Gasteiger partial charge in [-0.2, -0.15) is 0 Å². The quantitative estimate of drug-likeness (QED) is 0.837. The summed E-state index contributed by atoms with van der Waals surface area (Å²) in [7, 11) is 0. The summed E-state index contributed by atoms with van der Waals surface area (Å²) < 4.78 is 0.603. The van der Waals surface area contributed by atoms with Crippen molar-refractivity contribution in [2.45, 2.75) is 26.4 Å². The minimum atomic E-state index is -1.06. The van der Waals surface area contributed by atoms with Crippen LogP contribution in [-0.2, 0) is 4.84 Å². The Hall–Kier alpha value is -1.14. The number of carboxylic acids is 1. The average Bonchev–Trinajstić information content (AvgIpc) is 2.14. The Morgan fingerprint density at radius 2 is 2.19 bits per heavy atom. The van der Waals surface area contributed by atoms with Crippen LogP contribution in [0, 0.1) is 0 Å². The van der Waals surface area contributed by atoms with Crippen molar-refractivity contribution >= 4 is 27.7 Å². The molecule has 2 N–H and O–H groups in total. The summed E-state index contributed by atoms with van der Waals surface area (Å²) in [6.07, 6.45) is 1.50. The van der Waals surface area contributed by atoms with Gasteiger partial charge in [0.2, 0.25) is 0 Å². The molecule has 0 amide bonds. The highest BCUT2D eigenvalue weighted by atomic mass is 79.9. The van der Waals surface area contributed by atoms with E-state index in [1.54, 1.807) is 0 Å². The lowest BCUT2D eigenvalue weighted by Gasteiger charge is -2.20. The van der Waals surface area contributed by atoms with Gasteiger partial charge in [0.25, 0.3) is 0 Å². The third kappa shape index (κ3) is 3.79. The summed E-state index contributed by atoms with van der Waals surface area (Å²) in [5.41, 5.74) is 2.18. The van der Waals surface area contributed by atoms with Crippen LogP contribution in [0.5, 0.6) is 0 Å². The van der Waals surface area contributed by atoms with E-state index in [-0.39, 0.29) is 11.4 Å². The molecule has 5 nitrogen and oxygen atoms in total. The Morgan fingerprint density at radius 1 is 1.56 bits per heavy atom. The van der Waals surface area contributed by atoms with Crippen LogP contribution in [0.25, 0.3) is 0 Å². The Morgan fingerprint density at radius 3 is 2.69 bits per heavy atom. The summed E-state index contributed by atoms with van der Waals surface area (Å²) in [6, 6.07) is 1.46. The first kappa shape index (κ1) is 12.9. The molecule has 0 spiro atoms. The molecule has 0 fully saturated rings. The van der Waals surface area contributed by atoms with E-state index in [4.69, 9.17) is 9.94 Å². The summed E-state index contributed by atoms with van der Waals surface area (Å²) in [6.45, 7) is 5.54. The second kappa shape index (κ2) is 4.80. The van der Waals surface area contributed by atoms with E-state index in [0.29, 0.717) is 4.47 Å². The van der Waals surface area contributed by atoms with Gasteiger partial charge in [0.1, 0.15) is 5.56 Å². The van der Waals surface area contributed by atoms with Crippen LogP contribution < -0.4 is 5.48 Å². The highest BCUT2D eigenvalue weighted by Gasteiger charge is 2.16. The molecule has 0 atom stereocenters. The lowest BCUT2D eigenvalue weighted by molar-refractivity contribution is 0.0360. The predicted molar refractivity (Wildman–Crippen MR) is 63.4 cm³/mol. The lowest BCUT2D eigenvalue weighted by atomic mass is 10.2. The fourth-order valence-corrected chi connectivity index (χ4v) is 1.22. The highest BCUT2D eigenvalue weighted by Crippen LogP contribution is 2.19. The van der Waals surface area contributed by atoms with Crippen molar-refractivity contribution in [1.82, 2.24) is 4.98 Å². The number of rotatable bonds is 3. The van der Waals surface area contributed by atoms with Gasteiger partial charge in [-0.05, 0) is 42.8 Å². The van der Waals surface area contributed by atoms with Crippen molar-refractivity contribution in [2.75, 3.05) is 5.48 Å². The van der Waals surface area contributed by atoms with Crippen LogP contribution in [0.1, 0.15) is 31.1 Å². The molecule has 0 unspecified atom stereocenters. The van der Waals surface area contributed by atoms with Gasteiger partial charge >= 0.3 is 5.97 Å². The molecule has 1 aromatic heterocycles. The molecule has 1 heterocycles. The normalized spacial score (nSPS) is 11.2. The molecule has 0 saturated carbocycles. The molecular formula is C10H13BrN2O3. The summed E-state index contributed by atoms with van der Waals surface area (Å²) in [5, 5.41) is 8.96. The fraction of sp³-hybridized carbons (Fsp3) is 0.400. The Kier molecular flexibility index (Phi) is 3.88. The number of pyridine rings is 1. The van der Waals surface area contributed by atoms with Crippen LogP contribution in [-0.4, -0.2) is 21.7 Å². The predicted octanol–water partition coefficient (Wildman–Crippen LogP) is 2.68. The Labute approximate surface area is 102 Å². The molecule has 6 heteroatoms. The van der Waals surface area contributed by atoms with Gasteiger partial charge in [-0.1, -0.05) is 0 Å². The molecule has 1 aromatic rings. The molecule has 1 rings (SSSR count). The number of aromatic nitrogens is 1. The number of nitrogens with zero attached hydrogens (tertiary/aromatic N) is 1. The number of aromatic carboxylic acids is 1. The fourth-order valence-electron chi connectivity index (χ4n) is 0.885. The van der Waals surface area contributed by atoms with Crippen LogP contribution in [0.15, 0.2) is 16.7 Å². The molecule has 0 aliphatic heterocycles. The Bertz CT molecular complexity index is 402. The SMILES string of the molecule is CC(C)(C)ONc1ncc(Br)cc1C(=O)O. The molecule has 0 aliphatic rings. The van der Waals surface area contributed by atoms with Gasteiger partial charge < -0.3 is 5.11 Å². The second-order valence-corrected chi connectivity index (χ2v) is 5.09. The molecule has 16 heavy (non-hydrogen) atoms. The Balaban J connectivity index is 2.91. The third-order valence-corrected chi connectivity index (χ3v) is 1.97. The number of hydrogen-bond acceptors (Lipinski definition) is 4. The van der Waals surface area contributed by atoms with E-state index >= 15 is 0 Å². The molecule has 0 bridgehead atoms. The van der Waals surface area contributed by atoms with E-state index in [1.807, 2.05) is 20.8 Å². The van der Waals surface area contributed by atoms with E-state index in [0.717, 1.165) is 0 Å². The van der Waals surface area contributed by atoms with Crippen LogP contribution in [0.2, 0.25) is 0 Å². The molecule has 0 radical (unpaired) electrons. The topological polar surface area (TPSA) is 71.5 Å². The number of anilines is 1. The molecule has 0 aliphatic carbocycles. The monoisotopic (exact) mass is 288 g/mol. The van der Waals surface area contributed by atoms with Crippen molar-refractivity contribution < 1.29 is 14.7 Å². The van der Waals surface area contributed by atoms with Gasteiger partial charge in [-0.25, -0.2) is 15.3 Å². The van der Waals surface area contributed by atoms with Gasteiger partial charge in [0.05, 0.1) is 5.60 Å². The van der Waals surface area contributed by atoms with Crippen LogP contribution in [0.3, 0.4) is 0 Å². The zero-order chi connectivity index (χ0) is 12.3. The maximum atomic E-state index is 10.9. The van der Waals surface area contributed by atoms with Crippen LogP contribution >= 0.6 is 15.9 Å². The van der Waals surface area contributed by atoms with Crippen molar-refractivity contribution in [3.63, 3.8) is 0 Å². The van der Waals surface area contributed by atoms with E-state index in [2.05, 4.69) is 26.4 Å². The number of halogens is 1. The summed E-state index contributed by atoms with van der Waals surface area (Å²) >= 11 is 3.16. The maximum Gasteiger partial charge on any atom is 0.339 e. The first-order valence-corrected chi connectivity index (χ1v) is 5.42. The second-order valence-electron chi connectivity index (χ2n) is 4.17. The van der Waals surface area contributed by atoms with E-state index in [1.165, 1.54) is 12.3 Å². The minimum Gasteiger partial charge on any atom is -0.478 e. The zero-order valence-electron chi connectivity index (χ0n) is 9.24. The van der Waals surface area contributed by atoms with Crippen molar-refractivity contribution in [1.29, 1.82) is 0 Å². The summed E-state index contributed by atoms with van der Waals surface area (Å²) in [5.74, 6) is -0.876. The highest BCUT2D eigenvalue weighted by molar-refractivity contribution is 9.10. The van der Waals surface area contributed by atoms with Crippen LogP contribution in [0.4, 0.5) is 5.82 Å². The largest absolute Gasteiger partial charge is 0.478 e. The number of hydrogen-bond donors (Lipinski definition) is 2. The standard InChI is InChI=1S/C10H13BrN2O3/c1-10(2,3)16-13-8-7(9(14)15)4-6(11)5-12-8/h4-5H,1-3H3,(H,12,13)(H,14,15). The van der Waals surface area contributed by atoms with Gasteiger partial charge in [-0.15, -0.1) is 0 Å². The smallest absolute Gasteiger partial charge is 0.339 e. The van der Waals surface area contributed by atoms with Crippen molar-refractivity contribution in [3.8, 4) is 0 Å².